The predicted molar refractivity (Wildman–Crippen MR) is 175 cm³/mol. The molecule has 0 unspecified atom stereocenters. The lowest BCUT2D eigenvalue weighted by molar-refractivity contribution is 0.195. The maximum absolute atomic E-state index is 16.1. The summed E-state index contributed by atoms with van der Waals surface area (Å²) in [6, 6.07) is 12.1. The lowest BCUT2D eigenvalue weighted by Crippen LogP contribution is -2.25. The van der Waals surface area contributed by atoms with E-state index in [9.17, 15) is 8.42 Å². The number of ether oxygens (including phenoxy) is 2. The Labute approximate surface area is 270 Å². The molecule has 0 saturated heterocycles. The van der Waals surface area contributed by atoms with Gasteiger partial charge in [-0.25, -0.2) is 22.6 Å². The molecule has 0 bridgehead atoms. The number of sulfonamides is 1. The third kappa shape index (κ3) is 6.12. The molecule has 2 aliphatic rings. The molecule has 0 amide bonds. The van der Waals surface area contributed by atoms with Crippen LogP contribution in [0, 0.1) is 5.82 Å². The lowest BCUT2D eigenvalue weighted by Gasteiger charge is -2.23. The number of nitrogens with one attached hydrogen (secondary N) is 2. The molecule has 46 heavy (non-hydrogen) atoms. The van der Waals surface area contributed by atoms with Crippen molar-refractivity contribution in [2.45, 2.75) is 102 Å². The van der Waals surface area contributed by atoms with Gasteiger partial charge in [-0.1, -0.05) is 32.9 Å². The van der Waals surface area contributed by atoms with E-state index in [-0.39, 0.29) is 46.7 Å². The minimum absolute atomic E-state index is 0.00189. The molecular weight excluding hydrogens is 607 g/mol. The van der Waals surface area contributed by atoms with Crippen LogP contribution in [0.1, 0.15) is 89.1 Å². The number of rotatable bonds is 8. The van der Waals surface area contributed by atoms with E-state index in [1.165, 1.54) is 16.4 Å². The Bertz CT molecular complexity index is 1840. The average Bonchev–Trinajstić information content (AvgIpc) is 3.77. The van der Waals surface area contributed by atoms with Crippen LogP contribution < -0.4 is 14.8 Å². The van der Waals surface area contributed by atoms with Crippen LogP contribution in [0.25, 0.3) is 0 Å². The Kier molecular flexibility index (Phi) is 8.17. The Hall–Kier alpha value is -3.90. The molecule has 1 fully saturated rings. The number of benzene rings is 2. The van der Waals surface area contributed by atoms with Crippen LogP contribution in [-0.4, -0.2) is 45.9 Å². The molecule has 1 aliphatic heterocycles. The fourth-order valence-electron chi connectivity index (χ4n) is 6.28. The monoisotopic (exact) mass is 650 g/mol. The lowest BCUT2D eigenvalue weighted by atomic mass is 9.89. The van der Waals surface area contributed by atoms with Crippen LogP contribution in [0.3, 0.4) is 0 Å². The van der Waals surface area contributed by atoms with Crippen molar-refractivity contribution in [3.05, 3.63) is 76.9 Å². The van der Waals surface area contributed by atoms with Crippen molar-refractivity contribution < 1.29 is 22.3 Å². The summed E-state index contributed by atoms with van der Waals surface area (Å²) in [5, 5.41) is 15.5. The minimum Gasteiger partial charge on any atom is -0.497 e. The highest BCUT2D eigenvalue weighted by Gasteiger charge is 2.38. The quantitative estimate of drug-likeness (QED) is 0.212. The average molecular weight is 651 g/mol. The van der Waals surface area contributed by atoms with Gasteiger partial charge in [0, 0.05) is 36.2 Å². The molecule has 6 rings (SSSR count). The summed E-state index contributed by atoms with van der Waals surface area (Å²) >= 11 is 0. The summed E-state index contributed by atoms with van der Waals surface area (Å²) in [4.78, 5) is -0.00189. The zero-order chi connectivity index (χ0) is 33.0. The third-order valence-electron chi connectivity index (χ3n) is 8.80. The zero-order valence-electron chi connectivity index (χ0n) is 27.5. The normalized spacial score (nSPS) is 19.7. The molecule has 0 radical (unpaired) electrons. The van der Waals surface area contributed by atoms with Crippen molar-refractivity contribution in [1.29, 1.82) is 0 Å². The van der Waals surface area contributed by atoms with Crippen molar-refractivity contribution in [1.82, 2.24) is 24.3 Å². The second-order valence-electron chi connectivity index (χ2n) is 14.3. The standard InChI is InChI=1S/C34H43FN6O4S/c1-33(2,3)26-18-36-38-32(26)45-24-13-10-22(16-24)28-17-30(41(39-28)34(4,5)6)37-27-14-15-29-25(31(27)35)20-40(46(29,42)43)19-21-8-11-23(44-7)12-9-21/h8-9,11-12,14-15,17-18,22,24,37H,10,13,16,19-20H2,1-7H3,(H,36,38)/t22-,24+/m0/s1. The molecular formula is C34H43FN6O4S. The van der Waals surface area contributed by atoms with Gasteiger partial charge in [-0.2, -0.15) is 14.5 Å². The Balaban J connectivity index is 1.21. The van der Waals surface area contributed by atoms with E-state index in [0.29, 0.717) is 11.6 Å². The highest BCUT2D eigenvalue weighted by atomic mass is 32.2. The molecule has 1 aliphatic carbocycles. The minimum atomic E-state index is -3.85. The summed E-state index contributed by atoms with van der Waals surface area (Å²) in [5.41, 5.74) is 2.64. The molecule has 1 saturated carbocycles. The van der Waals surface area contributed by atoms with Crippen molar-refractivity contribution in [3.8, 4) is 11.6 Å². The number of halogens is 1. The Morgan fingerprint density at radius 1 is 1.07 bits per heavy atom. The van der Waals surface area contributed by atoms with Gasteiger partial charge in [0.15, 0.2) is 5.82 Å². The number of aromatic nitrogens is 4. The first-order valence-corrected chi connectivity index (χ1v) is 17.1. The smallest absolute Gasteiger partial charge is 0.244 e. The molecule has 4 aromatic rings. The SMILES string of the molecule is COc1ccc(CN2Cc3c(ccc(Nc4cc([C@H]5CC[C@@H](Oc6[nH]ncc6C(C)(C)C)C5)nn4C(C)(C)C)c3F)S2(=O)=O)cc1. The fraction of sp³-hybridized carbons (Fsp3) is 0.471. The van der Waals surface area contributed by atoms with Gasteiger partial charge in [-0.05, 0) is 75.3 Å². The van der Waals surface area contributed by atoms with Gasteiger partial charge in [0.25, 0.3) is 0 Å². The number of anilines is 2. The van der Waals surface area contributed by atoms with Crippen LogP contribution in [0.2, 0.25) is 0 Å². The molecule has 2 N–H and O–H groups in total. The predicted octanol–water partition coefficient (Wildman–Crippen LogP) is 6.97. The molecule has 0 spiro atoms. The van der Waals surface area contributed by atoms with Crippen LogP contribution >= 0.6 is 0 Å². The van der Waals surface area contributed by atoms with Gasteiger partial charge in [0.2, 0.25) is 15.9 Å². The molecule has 12 heteroatoms. The van der Waals surface area contributed by atoms with Crippen molar-refractivity contribution >= 4 is 21.5 Å². The van der Waals surface area contributed by atoms with Crippen LogP contribution in [0.5, 0.6) is 11.6 Å². The number of aromatic amines is 1. The summed E-state index contributed by atoms with van der Waals surface area (Å²) in [6.45, 7) is 12.6. The Morgan fingerprint density at radius 3 is 2.48 bits per heavy atom. The number of hydrogen-bond donors (Lipinski definition) is 2. The summed E-state index contributed by atoms with van der Waals surface area (Å²) < 4.78 is 57.5. The molecule has 246 valence electrons. The molecule has 2 atom stereocenters. The van der Waals surface area contributed by atoms with E-state index in [4.69, 9.17) is 14.6 Å². The van der Waals surface area contributed by atoms with E-state index in [2.05, 4.69) is 36.3 Å². The fourth-order valence-corrected chi connectivity index (χ4v) is 7.88. The van der Waals surface area contributed by atoms with Crippen molar-refractivity contribution in [2.75, 3.05) is 12.4 Å². The van der Waals surface area contributed by atoms with Gasteiger partial charge >= 0.3 is 0 Å². The molecule has 2 aromatic carbocycles. The topological polar surface area (TPSA) is 114 Å². The van der Waals surface area contributed by atoms with Gasteiger partial charge < -0.3 is 14.8 Å². The van der Waals surface area contributed by atoms with Crippen LogP contribution in [-0.2, 0) is 34.1 Å². The number of H-pyrrole nitrogens is 1. The van der Waals surface area contributed by atoms with Gasteiger partial charge in [-0.3, -0.25) is 0 Å². The third-order valence-corrected chi connectivity index (χ3v) is 10.7. The number of methoxy groups -OCH3 is 1. The first-order chi connectivity index (χ1) is 21.6. The second kappa shape index (κ2) is 11.7. The van der Waals surface area contributed by atoms with Gasteiger partial charge in [-0.15, -0.1) is 0 Å². The van der Waals surface area contributed by atoms with E-state index in [1.807, 2.05) is 49.8 Å². The van der Waals surface area contributed by atoms with E-state index >= 15 is 4.39 Å². The first-order valence-electron chi connectivity index (χ1n) is 15.7. The van der Waals surface area contributed by atoms with Crippen LogP contribution in [0.15, 0.2) is 53.6 Å². The number of nitrogens with zero attached hydrogens (tertiary/aromatic N) is 4. The second-order valence-corrected chi connectivity index (χ2v) is 16.2. The van der Waals surface area contributed by atoms with Crippen molar-refractivity contribution in [3.63, 3.8) is 0 Å². The summed E-state index contributed by atoms with van der Waals surface area (Å²) in [6.07, 6.45) is 4.47. The summed E-state index contributed by atoms with van der Waals surface area (Å²) in [7, 11) is -2.27. The maximum Gasteiger partial charge on any atom is 0.244 e. The molecule has 2 aromatic heterocycles. The van der Waals surface area contributed by atoms with Gasteiger partial charge in [0.05, 0.1) is 35.1 Å². The largest absolute Gasteiger partial charge is 0.497 e. The van der Waals surface area contributed by atoms with Crippen molar-refractivity contribution in [2.24, 2.45) is 0 Å². The zero-order valence-corrected chi connectivity index (χ0v) is 28.3. The van der Waals surface area contributed by atoms with E-state index in [0.717, 1.165) is 42.0 Å². The number of hydrogen-bond acceptors (Lipinski definition) is 7. The number of fused-ring (bicyclic) bond motifs is 1. The Morgan fingerprint density at radius 2 is 1.80 bits per heavy atom. The van der Waals surface area contributed by atoms with E-state index < -0.39 is 21.4 Å². The maximum atomic E-state index is 16.1. The molecule has 10 nitrogen and oxygen atoms in total. The van der Waals surface area contributed by atoms with E-state index in [1.54, 1.807) is 19.2 Å². The highest BCUT2D eigenvalue weighted by molar-refractivity contribution is 7.89. The first kappa shape index (κ1) is 32.1. The highest BCUT2D eigenvalue weighted by Crippen LogP contribution is 2.41. The summed E-state index contributed by atoms with van der Waals surface area (Å²) in [5.74, 6) is 1.64. The van der Waals surface area contributed by atoms with Crippen LogP contribution in [0.4, 0.5) is 15.9 Å². The molecule has 3 heterocycles. The van der Waals surface area contributed by atoms with Gasteiger partial charge in [0.1, 0.15) is 17.7 Å².